The van der Waals surface area contributed by atoms with E-state index in [9.17, 15) is 14.4 Å². The standard InChI is InChI=1S/C14H18N2O4S/c1-9(2)7-15-14(20)16-12(17)8-21-11-6-4-3-5-10(11)13(18)19/h3-6,9H,7-8H2,1-2H3,(H,18,19)(H2,15,16,17,20). The third-order valence-corrected chi connectivity index (χ3v) is 3.47. The molecule has 0 aliphatic rings. The van der Waals surface area contributed by atoms with Crippen molar-refractivity contribution in [2.45, 2.75) is 18.7 Å². The average molecular weight is 310 g/mol. The summed E-state index contributed by atoms with van der Waals surface area (Å²) in [5.41, 5.74) is 0.138. The van der Waals surface area contributed by atoms with Crippen molar-refractivity contribution in [3.63, 3.8) is 0 Å². The molecule has 0 aromatic heterocycles. The smallest absolute Gasteiger partial charge is 0.336 e. The number of thioether (sulfide) groups is 1. The number of carboxylic acid groups (broad SMARTS) is 1. The molecule has 114 valence electrons. The van der Waals surface area contributed by atoms with Crippen LogP contribution in [0.5, 0.6) is 0 Å². The summed E-state index contributed by atoms with van der Waals surface area (Å²) in [4.78, 5) is 34.5. The molecule has 0 saturated carbocycles. The summed E-state index contributed by atoms with van der Waals surface area (Å²) in [7, 11) is 0. The maximum Gasteiger partial charge on any atom is 0.336 e. The van der Waals surface area contributed by atoms with Crippen molar-refractivity contribution in [1.82, 2.24) is 10.6 Å². The SMILES string of the molecule is CC(C)CNC(=O)NC(=O)CSc1ccccc1C(=O)O. The molecule has 7 heteroatoms. The van der Waals surface area contributed by atoms with E-state index in [0.29, 0.717) is 17.4 Å². The Morgan fingerprint density at radius 1 is 1.24 bits per heavy atom. The van der Waals surface area contributed by atoms with Gasteiger partial charge in [-0.25, -0.2) is 9.59 Å². The second kappa shape index (κ2) is 8.31. The van der Waals surface area contributed by atoms with Gasteiger partial charge in [-0.2, -0.15) is 0 Å². The highest BCUT2D eigenvalue weighted by molar-refractivity contribution is 8.00. The number of carbonyl (C=O) groups is 3. The van der Waals surface area contributed by atoms with Crippen LogP contribution < -0.4 is 10.6 Å². The molecule has 0 aliphatic carbocycles. The second-order valence-electron chi connectivity index (χ2n) is 4.74. The van der Waals surface area contributed by atoms with Gasteiger partial charge in [-0.3, -0.25) is 10.1 Å². The normalized spacial score (nSPS) is 10.2. The summed E-state index contributed by atoms with van der Waals surface area (Å²) in [5.74, 6) is -1.25. The fourth-order valence-corrected chi connectivity index (χ4v) is 2.26. The Labute approximate surface area is 127 Å². The molecule has 0 radical (unpaired) electrons. The molecular formula is C14H18N2O4S. The zero-order valence-electron chi connectivity index (χ0n) is 11.9. The van der Waals surface area contributed by atoms with Gasteiger partial charge in [0.15, 0.2) is 0 Å². The first-order valence-corrected chi connectivity index (χ1v) is 7.41. The number of urea groups is 1. The first-order chi connectivity index (χ1) is 9.90. The number of aromatic carboxylic acids is 1. The van der Waals surface area contributed by atoms with Crippen LogP contribution in [0.2, 0.25) is 0 Å². The van der Waals surface area contributed by atoms with Crippen molar-refractivity contribution in [2.24, 2.45) is 5.92 Å². The molecule has 0 bridgehead atoms. The van der Waals surface area contributed by atoms with Crippen LogP contribution in [0, 0.1) is 5.92 Å². The van der Waals surface area contributed by atoms with Crippen LogP contribution in [-0.2, 0) is 4.79 Å². The molecule has 0 aliphatic heterocycles. The topological polar surface area (TPSA) is 95.5 Å². The van der Waals surface area contributed by atoms with Crippen molar-refractivity contribution in [3.8, 4) is 0 Å². The Balaban J connectivity index is 2.47. The molecular weight excluding hydrogens is 292 g/mol. The van der Waals surface area contributed by atoms with Gasteiger partial charge in [0.05, 0.1) is 11.3 Å². The summed E-state index contributed by atoms with van der Waals surface area (Å²) < 4.78 is 0. The Morgan fingerprint density at radius 2 is 1.90 bits per heavy atom. The average Bonchev–Trinajstić information content (AvgIpc) is 2.43. The van der Waals surface area contributed by atoms with Gasteiger partial charge in [0.1, 0.15) is 0 Å². The van der Waals surface area contributed by atoms with Gasteiger partial charge in [-0.15, -0.1) is 11.8 Å². The lowest BCUT2D eigenvalue weighted by Crippen LogP contribution is -2.41. The van der Waals surface area contributed by atoms with E-state index in [-0.39, 0.29) is 11.3 Å². The van der Waals surface area contributed by atoms with Gasteiger partial charge < -0.3 is 10.4 Å². The highest BCUT2D eigenvalue weighted by Gasteiger charge is 2.12. The lowest BCUT2D eigenvalue weighted by Gasteiger charge is -2.09. The van der Waals surface area contributed by atoms with E-state index >= 15 is 0 Å². The van der Waals surface area contributed by atoms with Crippen LogP contribution in [0.25, 0.3) is 0 Å². The van der Waals surface area contributed by atoms with E-state index in [4.69, 9.17) is 5.11 Å². The molecule has 0 saturated heterocycles. The first-order valence-electron chi connectivity index (χ1n) is 6.43. The van der Waals surface area contributed by atoms with E-state index in [1.165, 1.54) is 6.07 Å². The number of hydrogen-bond acceptors (Lipinski definition) is 4. The number of hydrogen-bond donors (Lipinski definition) is 3. The predicted octanol–water partition coefficient (Wildman–Crippen LogP) is 1.96. The maximum atomic E-state index is 11.6. The first kappa shape index (κ1) is 17.0. The van der Waals surface area contributed by atoms with Crippen LogP contribution in [-0.4, -0.2) is 35.3 Å². The molecule has 1 aromatic rings. The Morgan fingerprint density at radius 3 is 2.52 bits per heavy atom. The summed E-state index contributed by atoms with van der Waals surface area (Å²) >= 11 is 1.08. The van der Waals surface area contributed by atoms with Crippen LogP contribution >= 0.6 is 11.8 Å². The predicted molar refractivity (Wildman–Crippen MR) is 80.5 cm³/mol. The second-order valence-corrected chi connectivity index (χ2v) is 5.76. The van der Waals surface area contributed by atoms with E-state index in [1.54, 1.807) is 18.2 Å². The van der Waals surface area contributed by atoms with Gasteiger partial charge in [0, 0.05) is 11.4 Å². The summed E-state index contributed by atoms with van der Waals surface area (Å²) in [5, 5.41) is 13.8. The van der Waals surface area contributed by atoms with Crippen LogP contribution in [0.3, 0.4) is 0 Å². The number of carbonyl (C=O) groups excluding carboxylic acids is 2. The lowest BCUT2D eigenvalue weighted by atomic mass is 10.2. The molecule has 0 spiro atoms. The van der Waals surface area contributed by atoms with Crippen molar-refractivity contribution < 1.29 is 19.5 Å². The van der Waals surface area contributed by atoms with Gasteiger partial charge in [-0.05, 0) is 18.1 Å². The van der Waals surface area contributed by atoms with Crippen LogP contribution in [0.4, 0.5) is 4.79 Å². The number of amides is 3. The van der Waals surface area contributed by atoms with Crippen molar-refractivity contribution in [2.75, 3.05) is 12.3 Å². The largest absolute Gasteiger partial charge is 0.478 e. The van der Waals surface area contributed by atoms with Crippen molar-refractivity contribution in [1.29, 1.82) is 0 Å². The molecule has 3 amide bonds. The summed E-state index contributed by atoms with van der Waals surface area (Å²) in [6, 6.07) is 5.87. The number of imide groups is 1. The van der Waals surface area contributed by atoms with E-state index in [2.05, 4.69) is 10.6 Å². The number of rotatable bonds is 6. The van der Waals surface area contributed by atoms with Crippen molar-refractivity contribution >= 4 is 29.7 Å². The fraction of sp³-hybridized carbons (Fsp3) is 0.357. The lowest BCUT2D eigenvalue weighted by molar-refractivity contribution is -0.117. The highest BCUT2D eigenvalue weighted by atomic mass is 32.2. The Hall–Kier alpha value is -2.02. The third-order valence-electron chi connectivity index (χ3n) is 2.40. The minimum absolute atomic E-state index is 0.0284. The molecule has 3 N–H and O–H groups in total. The van der Waals surface area contributed by atoms with Crippen LogP contribution in [0.1, 0.15) is 24.2 Å². The van der Waals surface area contributed by atoms with E-state index < -0.39 is 17.9 Å². The molecule has 0 unspecified atom stereocenters. The minimum atomic E-state index is -1.05. The summed E-state index contributed by atoms with van der Waals surface area (Å²) in [6.07, 6.45) is 0. The zero-order chi connectivity index (χ0) is 15.8. The zero-order valence-corrected chi connectivity index (χ0v) is 12.7. The highest BCUT2D eigenvalue weighted by Crippen LogP contribution is 2.22. The quantitative estimate of drug-likeness (QED) is 0.698. The monoisotopic (exact) mass is 310 g/mol. The minimum Gasteiger partial charge on any atom is -0.478 e. The van der Waals surface area contributed by atoms with Gasteiger partial charge in [-0.1, -0.05) is 26.0 Å². The summed E-state index contributed by atoms with van der Waals surface area (Å²) in [6.45, 7) is 4.37. The van der Waals surface area contributed by atoms with Crippen molar-refractivity contribution in [3.05, 3.63) is 29.8 Å². The molecule has 0 fully saturated rings. The number of carboxylic acids is 1. The Kier molecular flexibility index (Phi) is 6.74. The van der Waals surface area contributed by atoms with E-state index in [1.807, 2.05) is 13.8 Å². The molecule has 0 heterocycles. The number of nitrogens with one attached hydrogen (secondary N) is 2. The van der Waals surface area contributed by atoms with Gasteiger partial charge >= 0.3 is 12.0 Å². The van der Waals surface area contributed by atoms with Crippen LogP contribution in [0.15, 0.2) is 29.2 Å². The fourth-order valence-electron chi connectivity index (χ4n) is 1.42. The third kappa shape index (κ3) is 6.31. The van der Waals surface area contributed by atoms with E-state index in [0.717, 1.165) is 11.8 Å². The van der Waals surface area contributed by atoms with Gasteiger partial charge in [0.2, 0.25) is 5.91 Å². The van der Waals surface area contributed by atoms with Gasteiger partial charge in [0.25, 0.3) is 0 Å². The molecule has 1 aromatic carbocycles. The number of benzene rings is 1. The Bertz CT molecular complexity index is 531. The maximum absolute atomic E-state index is 11.6. The molecule has 0 atom stereocenters. The molecule has 21 heavy (non-hydrogen) atoms. The molecule has 6 nitrogen and oxygen atoms in total. The molecule has 1 rings (SSSR count).